The van der Waals surface area contributed by atoms with Gasteiger partial charge in [0.1, 0.15) is 12.4 Å². The van der Waals surface area contributed by atoms with Gasteiger partial charge in [-0.3, -0.25) is 0 Å². The SMILES string of the molecule is c1ccc(OCCNC[C@H]2CO[C@H](c3ccccc3)O2)cc1. The molecular formula is C18H21NO3. The van der Waals surface area contributed by atoms with Crippen molar-refractivity contribution in [3.63, 3.8) is 0 Å². The molecule has 0 bridgehead atoms. The summed E-state index contributed by atoms with van der Waals surface area (Å²) in [6, 6.07) is 19.9. The normalized spacial score (nSPS) is 20.9. The second-order valence-electron chi connectivity index (χ2n) is 5.20. The van der Waals surface area contributed by atoms with Gasteiger partial charge in [0.25, 0.3) is 0 Å². The second kappa shape index (κ2) is 7.94. The molecule has 1 aliphatic rings. The highest BCUT2D eigenvalue weighted by Crippen LogP contribution is 2.26. The zero-order valence-corrected chi connectivity index (χ0v) is 12.5. The van der Waals surface area contributed by atoms with E-state index in [1.807, 2.05) is 60.7 Å². The third-order valence-corrected chi connectivity index (χ3v) is 3.48. The van der Waals surface area contributed by atoms with Crippen molar-refractivity contribution in [3.8, 4) is 5.75 Å². The standard InChI is InChI=1S/C18H21NO3/c1-3-7-15(8-4-1)18-21-14-17(22-18)13-19-11-12-20-16-9-5-2-6-10-16/h1-10,17-19H,11-14H2/t17-,18-/m0/s1. The summed E-state index contributed by atoms with van der Waals surface area (Å²) in [4.78, 5) is 0. The molecule has 1 fully saturated rings. The molecule has 1 N–H and O–H groups in total. The minimum atomic E-state index is -0.242. The van der Waals surface area contributed by atoms with E-state index in [0.717, 1.165) is 24.4 Å². The maximum absolute atomic E-state index is 5.89. The number of para-hydroxylation sites is 1. The molecule has 22 heavy (non-hydrogen) atoms. The Morgan fingerprint density at radius 3 is 2.50 bits per heavy atom. The molecule has 116 valence electrons. The molecule has 1 aliphatic heterocycles. The fourth-order valence-corrected chi connectivity index (χ4v) is 2.36. The Labute approximate surface area is 131 Å². The maximum Gasteiger partial charge on any atom is 0.184 e. The summed E-state index contributed by atoms with van der Waals surface area (Å²) >= 11 is 0. The molecule has 1 saturated heterocycles. The zero-order chi connectivity index (χ0) is 15.0. The van der Waals surface area contributed by atoms with Gasteiger partial charge in [0.05, 0.1) is 12.7 Å². The third kappa shape index (κ3) is 4.31. The van der Waals surface area contributed by atoms with E-state index in [4.69, 9.17) is 14.2 Å². The molecule has 0 aromatic heterocycles. The minimum absolute atomic E-state index is 0.0851. The van der Waals surface area contributed by atoms with Gasteiger partial charge in [-0.25, -0.2) is 0 Å². The highest BCUT2D eigenvalue weighted by Gasteiger charge is 2.26. The summed E-state index contributed by atoms with van der Waals surface area (Å²) in [6.45, 7) is 2.80. The van der Waals surface area contributed by atoms with Crippen molar-refractivity contribution < 1.29 is 14.2 Å². The predicted molar refractivity (Wildman–Crippen MR) is 84.8 cm³/mol. The van der Waals surface area contributed by atoms with Gasteiger partial charge in [0, 0.05) is 18.7 Å². The highest BCUT2D eigenvalue weighted by atomic mass is 16.7. The Bertz CT molecular complexity index is 547. The zero-order valence-electron chi connectivity index (χ0n) is 12.5. The first-order chi connectivity index (χ1) is 10.9. The average molecular weight is 299 g/mol. The van der Waals surface area contributed by atoms with E-state index >= 15 is 0 Å². The molecule has 0 amide bonds. The summed E-state index contributed by atoms with van der Waals surface area (Å²) in [6.07, 6.45) is -0.157. The van der Waals surface area contributed by atoms with Gasteiger partial charge in [-0.1, -0.05) is 48.5 Å². The van der Waals surface area contributed by atoms with E-state index in [0.29, 0.717) is 13.2 Å². The van der Waals surface area contributed by atoms with Crippen molar-refractivity contribution in [2.24, 2.45) is 0 Å². The first-order valence-electron chi connectivity index (χ1n) is 7.62. The largest absolute Gasteiger partial charge is 0.492 e. The Balaban J connectivity index is 1.32. The van der Waals surface area contributed by atoms with Crippen molar-refractivity contribution in [2.45, 2.75) is 12.4 Å². The van der Waals surface area contributed by atoms with Crippen LogP contribution in [0.2, 0.25) is 0 Å². The van der Waals surface area contributed by atoms with Crippen LogP contribution in [0.5, 0.6) is 5.75 Å². The lowest BCUT2D eigenvalue weighted by atomic mass is 10.2. The van der Waals surface area contributed by atoms with Gasteiger partial charge in [-0.15, -0.1) is 0 Å². The van der Waals surface area contributed by atoms with Gasteiger partial charge < -0.3 is 19.5 Å². The third-order valence-electron chi connectivity index (χ3n) is 3.48. The first kappa shape index (κ1) is 15.0. The number of hydrogen-bond donors (Lipinski definition) is 1. The number of ether oxygens (including phenoxy) is 3. The van der Waals surface area contributed by atoms with Crippen LogP contribution in [0.1, 0.15) is 11.9 Å². The highest BCUT2D eigenvalue weighted by molar-refractivity contribution is 5.20. The lowest BCUT2D eigenvalue weighted by Gasteiger charge is -2.12. The van der Waals surface area contributed by atoms with Crippen LogP contribution in [0.25, 0.3) is 0 Å². The molecule has 1 heterocycles. The van der Waals surface area contributed by atoms with Gasteiger partial charge in [0.15, 0.2) is 6.29 Å². The number of nitrogens with one attached hydrogen (secondary N) is 1. The van der Waals surface area contributed by atoms with E-state index in [-0.39, 0.29) is 12.4 Å². The van der Waals surface area contributed by atoms with E-state index in [2.05, 4.69) is 5.32 Å². The molecular weight excluding hydrogens is 278 g/mol. The molecule has 0 aliphatic carbocycles. The van der Waals surface area contributed by atoms with Crippen LogP contribution in [0.15, 0.2) is 60.7 Å². The topological polar surface area (TPSA) is 39.7 Å². The summed E-state index contributed by atoms with van der Waals surface area (Å²) in [5.41, 5.74) is 1.07. The van der Waals surface area contributed by atoms with Gasteiger partial charge in [-0.05, 0) is 12.1 Å². The van der Waals surface area contributed by atoms with Crippen molar-refractivity contribution in [3.05, 3.63) is 66.2 Å². The van der Waals surface area contributed by atoms with Crippen LogP contribution in [0, 0.1) is 0 Å². The number of benzene rings is 2. The quantitative estimate of drug-likeness (QED) is 0.798. The first-order valence-corrected chi connectivity index (χ1v) is 7.62. The molecule has 2 atom stereocenters. The minimum Gasteiger partial charge on any atom is -0.492 e. The van der Waals surface area contributed by atoms with E-state index in [9.17, 15) is 0 Å². The fourth-order valence-electron chi connectivity index (χ4n) is 2.36. The lowest BCUT2D eigenvalue weighted by Crippen LogP contribution is -2.31. The predicted octanol–water partition coefficient (Wildman–Crippen LogP) is 2.77. The van der Waals surface area contributed by atoms with Crippen LogP contribution in [0.3, 0.4) is 0 Å². The summed E-state index contributed by atoms with van der Waals surface area (Å²) in [7, 11) is 0. The molecule has 0 spiro atoms. The maximum atomic E-state index is 5.89. The smallest absolute Gasteiger partial charge is 0.184 e. The van der Waals surface area contributed by atoms with Gasteiger partial charge >= 0.3 is 0 Å². The number of rotatable bonds is 7. The van der Waals surface area contributed by atoms with Crippen LogP contribution in [0.4, 0.5) is 0 Å². The lowest BCUT2D eigenvalue weighted by molar-refractivity contribution is -0.0596. The number of hydrogen-bond acceptors (Lipinski definition) is 4. The second-order valence-corrected chi connectivity index (χ2v) is 5.20. The monoisotopic (exact) mass is 299 g/mol. The van der Waals surface area contributed by atoms with Crippen molar-refractivity contribution in [1.29, 1.82) is 0 Å². The molecule has 0 saturated carbocycles. The molecule has 0 radical (unpaired) electrons. The summed E-state index contributed by atoms with van der Waals surface area (Å²) in [5.74, 6) is 0.897. The Morgan fingerprint density at radius 2 is 1.73 bits per heavy atom. The molecule has 2 aromatic rings. The fraction of sp³-hybridized carbons (Fsp3) is 0.333. The van der Waals surface area contributed by atoms with Crippen LogP contribution in [-0.2, 0) is 9.47 Å². The van der Waals surface area contributed by atoms with E-state index in [1.165, 1.54) is 0 Å². The van der Waals surface area contributed by atoms with Gasteiger partial charge in [-0.2, -0.15) is 0 Å². The molecule has 0 unspecified atom stereocenters. The molecule has 4 nitrogen and oxygen atoms in total. The Kier molecular flexibility index (Phi) is 5.42. The average Bonchev–Trinajstić information content (AvgIpc) is 3.05. The van der Waals surface area contributed by atoms with Gasteiger partial charge in [0.2, 0.25) is 0 Å². The van der Waals surface area contributed by atoms with Crippen LogP contribution < -0.4 is 10.1 Å². The van der Waals surface area contributed by atoms with Crippen molar-refractivity contribution in [2.75, 3.05) is 26.3 Å². The van der Waals surface area contributed by atoms with E-state index in [1.54, 1.807) is 0 Å². The molecule has 4 heteroatoms. The summed E-state index contributed by atoms with van der Waals surface area (Å²) < 4.78 is 17.2. The van der Waals surface area contributed by atoms with Crippen LogP contribution >= 0.6 is 0 Å². The Hall–Kier alpha value is -1.88. The Morgan fingerprint density at radius 1 is 1.00 bits per heavy atom. The van der Waals surface area contributed by atoms with Crippen molar-refractivity contribution in [1.82, 2.24) is 5.32 Å². The molecule has 2 aromatic carbocycles. The van der Waals surface area contributed by atoms with Crippen LogP contribution in [-0.4, -0.2) is 32.4 Å². The molecule has 3 rings (SSSR count). The van der Waals surface area contributed by atoms with E-state index < -0.39 is 0 Å². The van der Waals surface area contributed by atoms with Crippen molar-refractivity contribution >= 4 is 0 Å². The summed E-state index contributed by atoms with van der Waals surface area (Å²) in [5, 5.41) is 3.34.